The van der Waals surface area contributed by atoms with Gasteiger partial charge < -0.3 is 20.4 Å². The van der Waals surface area contributed by atoms with Crippen LogP contribution in [0.2, 0.25) is 0 Å². The number of aromatic nitrogens is 1. The van der Waals surface area contributed by atoms with Gasteiger partial charge in [-0.1, -0.05) is 76.8 Å². The van der Waals surface area contributed by atoms with Crippen molar-refractivity contribution in [3.63, 3.8) is 0 Å². The zero-order valence-corrected chi connectivity index (χ0v) is 18.4. The fraction of sp³-hybridized carbons (Fsp3) is 0.571. The van der Waals surface area contributed by atoms with E-state index in [4.69, 9.17) is 0 Å². The van der Waals surface area contributed by atoms with Gasteiger partial charge in [0.25, 0.3) is 0 Å². The molecule has 0 atom stereocenters. The van der Waals surface area contributed by atoms with Gasteiger partial charge in [-0.3, -0.25) is 0 Å². The van der Waals surface area contributed by atoms with Crippen molar-refractivity contribution in [1.29, 1.82) is 0 Å². The van der Waals surface area contributed by atoms with Crippen molar-refractivity contribution >= 4 is 16.9 Å². The summed E-state index contributed by atoms with van der Waals surface area (Å²) >= 11 is 0. The zero-order valence-electron chi connectivity index (χ0n) is 16.4. The molecule has 2 aromatic rings. The number of carbonyl (C=O) groups excluding carboxylic acids is 1. The monoisotopic (exact) mass is 369 g/mol. The number of hydrogen-bond donors (Lipinski definition) is 1. The molecule has 1 aromatic carbocycles. The Labute approximate surface area is 179 Å². The molecular weight excluding hydrogens is 337 g/mol. The molecule has 2 rings (SSSR count). The molecule has 1 aromatic heterocycles. The van der Waals surface area contributed by atoms with Crippen LogP contribution >= 0.6 is 0 Å². The summed E-state index contributed by atoms with van der Waals surface area (Å²) in [5.41, 5.74) is 2.31. The Bertz CT molecular complexity index is 639. The van der Waals surface area contributed by atoms with Crippen molar-refractivity contribution in [1.82, 2.24) is 4.98 Å². The number of nitrogens with one attached hydrogen (secondary N) is 1. The van der Waals surface area contributed by atoms with Gasteiger partial charge in [-0.25, -0.2) is 0 Å². The van der Waals surface area contributed by atoms with Crippen LogP contribution in [0.1, 0.15) is 87.2 Å². The molecular formula is C21H32NNaO3. The summed E-state index contributed by atoms with van der Waals surface area (Å²) in [5.74, 6) is -1.12. The molecule has 0 spiro atoms. The molecule has 0 fully saturated rings. The second-order valence-electron chi connectivity index (χ2n) is 6.82. The van der Waals surface area contributed by atoms with Crippen molar-refractivity contribution in [3.05, 3.63) is 35.5 Å². The molecule has 0 radical (unpaired) electrons. The summed E-state index contributed by atoms with van der Waals surface area (Å²) in [6.45, 7) is 2.26. The summed E-state index contributed by atoms with van der Waals surface area (Å²) in [7, 11) is 0. The predicted molar refractivity (Wildman–Crippen MR) is 102 cm³/mol. The van der Waals surface area contributed by atoms with Crippen LogP contribution in [-0.2, 0) is 6.42 Å². The number of aryl methyl sites for hydroxylation is 1. The van der Waals surface area contributed by atoms with Crippen LogP contribution in [0, 0.1) is 0 Å². The summed E-state index contributed by atoms with van der Waals surface area (Å²) < 4.78 is 0. The van der Waals surface area contributed by atoms with Crippen LogP contribution in [0.15, 0.2) is 24.3 Å². The molecule has 140 valence electrons. The zero-order chi connectivity index (χ0) is 17.2. The van der Waals surface area contributed by atoms with Crippen LogP contribution in [0.5, 0.6) is 0 Å². The summed E-state index contributed by atoms with van der Waals surface area (Å²) in [6.07, 6.45) is 14.4. The Kier molecular flexibility index (Phi) is 13.8. The first kappa shape index (κ1) is 25.2. The molecule has 26 heavy (non-hydrogen) atoms. The van der Waals surface area contributed by atoms with Gasteiger partial charge in [0.05, 0.1) is 5.97 Å². The number of carboxylic acids is 1. The topological polar surface area (TPSA) is 87.4 Å². The van der Waals surface area contributed by atoms with Crippen LogP contribution in [0.25, 0.3) is 10.9 Å². The standard InChI is InChI=1S/C21H31NO2.Na.H2O/c1-2-3-4-5-6-7-8-9-10-11-12-19-15-17-13-14-18(21(23)24)16-20(17)22-19;;/h13-16,22H,2-12H2,1H3,(H,23,24);;1H2/q;+1;/p-1. The fourth-order valence-electron chi connectivity index (χ4n) is 3.25. The Morgan fingerprint density at radius 2 is 1.50 bits per heavy atom. The van der Waals surface area contributed by atoms with E-state index < -0.39 is 5.97 Å². The first-order chi connectivity index (χ1) is 11.7. The third-order valence-corrected chi connectivity index (χ3v) is 4.71. The quantitative estimate of drug-likeness (QED) is 0.450. The third-order valence-electron chi connectivity index (χ3n) is 4.71. The van der Waals surface area contributed by atoms with Crippen molar-refractivity contribution < 1.29 is 44.9 Å². The molecule has 4 nitrogen and oxygen atoms in total. The van der Waals surface area contributed by atoms with Gasteiger partial charge in [-0.05, 0) is 35.9 Å². The molecule has 3 N–H and O–H groups in total. The summed E-state index contributed by atoms with van der Waals surface area (Å²) in [6, 6.07) is 7.24. The average Bonchev–Trinajstić information content (AvgIpc) is 2.98. The Morgan fingerprint density at radius 3 is 2.08 bits per heavy atom. The minimum atomic E-state index is -1.12. The maximum atomic E-state index is 10.9. The predicted octanol–water partition coefficient (Wildman–Crippen LogP) is 1.17. The molecule has 0 aliphatic rings. The average molecular weight is 369 g/mol. The number of carbonyl (C=O) groups is 1. The van der Waals surface area contributed by atoms with E-state index in [0.29, 0.717) is 0 Å². The number of aromatic carboxylic acids is 1. The molecule has 0 bridgehead atoms. The first-order valence-corrected chi connectivity index (χ1v) is 9.53. The van der Waals surface area contributed by atoms with Crippen LogP contribution < -0.4 is 34.7 Å². The molecule has 1 heterocycles. The van der Waals surface area contributed by atoms with Crippen LogP contribution in [0.3, 0.4) is 0 Å². The van der Waals surface area contributed by atoms with Gasteiger partial charge in [0.2, 0.25) is 0 Å². The second kappa shape index (κ2) is 14.3. The van der Waals surface area contributed by atoms with Crippen LogP contribution in [0.4, 0.5) is 0 Å². The summed E-state index contributed by atoms with van der Waals surface area (Å²) in [5, 5.41) is 12.0. The SMILES string of the molecule is CCCCCCCCCCCCc1cc2ccc(C(=O)[O-])cc2[nH]1.O.[Na+]. The normalized spacial score (nSPS) is 10.3. The van der Waals surface area contributed by atoms with Crippen molar-refractivity contribution in [2.75, 3.05) is 0 Å². The maximum absolute atomic E-state index is 10.9. The van der Waals surface area contributed by atoms with Gasteiger partial charge in [-0.15, -0.1) is 0 Å². The first-order valence-electron chi connectivity index (χ1n) is 9.53. The van der Waals surface area contributed by atoms with Crippen molar-refractivity contribution in [2.45, 2.75) is 77.6 Å². The van der Waals surface area contributed by atoms with E-state index in [2.05, 4.69) is 18.0 Å². The minimum Gasteiger partial charge on any atom is -0.545 e. The Morgan fingerprint density at radius 1 is 0.923 bits per heavy atom. The van der Waals surface area contributed by atoms with Gasteiger partial charge in [0.1, 0.15) is 0 Å². The summed E-state index contributed by atoms with van der Waals surface area (Å²) in [4.78, 5) is 14.2. The van der Waals surface area contributed by atoms with E-state index in [1.807, 2.05) is 6.07 Å². The number of unbranched alkanes of at least 4 members (excludes halogenated alkanes) is 9. The number of hydrogen-bond acceptors (Lipinski definition) is 2. The van der Waals surface area contributed by atoms with E-state index in [0.717, 1.165) is 17.3 Å². The smallest absolute Gasteiger partial charge is 0.545 e. The number of carboxylic acid groups (broad SMARTS) is 1. The fourth-order valence-corrected chi connectivity index (χ4v) is 3.25. The molecule has 0 saturated heterocycles. The van der Waals surface area contributed by atoms with Gasteiger partial charge >= 0.3 is 29.6 Å². The molecule has 0 aliphatic heterocycles. The van der Waals surface area contributed by atoms with Gasteiger partial charge in [0.15, 0.2) is 0 Å². The van der Waals surface area contributed by atoms with E-state index in [1.54, 1.807) is 12.1 Å². The molecule has 5 heteroatoms. The number of H-pyrrole nitrogens is 1. The second-order valence-corrected chi connectivity index (χ2v) is 6.82. The number of benzene rings is 1. The van der Waals surface area contributed by atoms with Gasteiger partial charge in [0, 0.05) is 11.2 Å². The Hall–Kier alpha value is -0.810. The number of aromatic amines is 1. The van der Waals surface area contributed by atoms with E-state index in [-0.39, 0.29) is 40.6 Å². The number of fused-ring (bicyclic) bond motifs is 1. The molecule has 0 saturated carbocycles. The maximum Gasteiger partial charge on any atom is 1.00 e. The molecule has 0 amide bonds. The van der Waals surface area contributed by atoms with Crippen molar-refractivity contribution in [3.8, 4) is 0 Å². The third kappa shape index (κ3) is 8.72. The van der Waals surface area contributed by atoms with E-state index in [1.165, 1.54) is 69.9 Å². The van der Waals surface area contributed by atoms with E-state index >= 15 is 0 Å². The van der Waals surface area contributed by atoms with Crippen molar-refractivity contribution in [2.24, 2.45) is 0 Å². The molecule has 0 unspecified atom stereocenters. The largest absolute Gasteiger partial charge is 1.00 e. The molecule has 0 aliphatic carbocycles. The number of rotatable bonds is 12. The van der Waals surface area contributed by atoms with Crippen LogP contribution in [-0.4, -0.2) is 16.4 Å². The van der Waals surface area contributed by atoms with Gasteiger partial charge in [-0.2, -0.15) is 0 Å². The minimum absolute atomic E-state index is 0. The van der Waals surface area contributed by atoms with E-state index in [9.17, 15) is 9.90 Å². The Balaban J connectivity index is 0.00000312.